The van der Waals surface area contributed by atoms with Crippen LogP contribution >= 0.6 is 0 Å². The fourth-order valence-corrected chi connectivity index (χ4v) is 11.3. The van der Waals surface area contributed by atoms with Crippen LogP contribution in [0.5, 0.6) is 0 Å². The summed E-state index contributed by atoms with van der Waals surface area (Å²) in [6.07, 6.45) is 17.6. The third kappa shape index (κ3) is 2.95. The van der Waals surface area contributed by atoms with Crippen LogP contribution in [0.15, 0.2) is 29.2 Å². The van der Waals surface area contributed by atoms with E-state index in [1.807, 2.05) is 12.3 Å². The van der Waals surface area contributed by atoms with Gasteiger partial charge in [-0.3, -0.25) is 4.79 Å². The van der Waals surface area contributed by atoms with E-state index in [-0.39, 0.29) is 16.4 Å². The Morgan fingerprint density at radius 2 is 1.74 bits per heavy atom. The molecule has 1 heterocycles. The molecule has 4 fully saturated rings. The highest BCUT2D eigenvalue weighted by atomic mass is 16.3. The zero-order chi connectivity index (χ0) is 23.9. The van der Waals surface area contributed by atoms with Gasteiger partial charge in [0.25, 0.3) is 0 Å². The summed E-state index contributed by atoms with van der Waals surface area (Å²) in [6.45, 7) is 10.7. The Hall–Kier alpha value is -1.35. The predicted molar refractivity (Wildman–Crippen MR) is 138 cm³/mol. The van der Waals surface area contributed by atoms with Crippen molar-refractivity contribution < 1.29 is 5.11 Å². The Morgan fingerprint density at radius 3 is 2.47 bits per heavy atom. The first-order chi connectivity index (χ1) is 16.2. The molecule has 1 aromatic rings. The number of hydrogen-bond acceptors (Lipinski definition) is 2. The number of aliphatic hydroxyl groups excluding tert-OH is 1. The van der Waals surface area contributed by atoms with Gasteiger partial charge in [-0.1, -0.05) is 40.2 Å². The molecule has 2 N–H and O–H groups in total. The largest absolute Gasteiger partial charge is 0.396 e. The van der Waals surface area contributed by atoms with Gasteiger partial charge < -0.3 is 10.1 Å². The van der Waals surface area contributed by atoms with E-state index in [0.717, 1.165) is 30.1 Å². The molecular formula is C31H45NO2. The molecule has 1 aromatic heterocycles. The summed E-state index contributed by atoms with van der Waals surface area (Å²) in [7, 11) is 0. The Morgan fingerprint density at radius 1 is 0.912 bits per heavy atom. The lowest BCUT2D eigenvalue weighted by Gasteiger charge is -2.68. The highest BCUT2D eigenvalue weighted by Gasteiger charge is 2.65. The van der Waals surface area contributed by atoms with Crippen molar-refractivity contribution in [3.63, 3.8) is 0 Å². The highest BCUT2D eigenvalue weighted by molar-refractivity contribution is 5.71. The van der Waals surface area contributed by atoms with Crippen molar-refractivity contribution in [2.75, 3.05) is 6.61 Å². The SMILES string of the molecule is CC1(C)C(c2ccc(=O)[nH]c2)=CC[C@@]2(C)C1CC[C@@]1(C)C3CC[C@@]4(CO)CCCC4[C@H]3CCC12. The third-order valence-electron chi connectivity index (χ3n) is 12.7. The van der Waals surface area contributed by atoms with Gasteiger partial charge in [-0.15, -0.1) is 0 Å². The summed E-state index contributed by atoms with van der Waals surface area (Å²) in [5, 5.41) is 10.4. The summed E-state index contributed by atoms with van der Waals surface area (Å²) in [4.78, 5) is 14.6. The molecule has 0 radical (unpaired) electrons. The predicted octanol–water partition coefficient (Wildman–Crippen LogP) is 6.83. The average Bonchev–Trinajstić information content (AvgIpc) is 3.24. The van der Waals surface area contributed by atoms with Crippen LogP contribution in [0.3, 0.4) is 0 Å². The van der Waals surface area contributed by atoms with E-state index in [4.69, 9.17) is 0 Å². The van der Waals surface area contributed by atoms with Crippen molar-refractivity contribution >= 4 is 5.57 Å². The van der Waals surface area contributed by atoms with Gasteiger partial charge >= 0.3 is 0 Å². The number of aromatic nitrogens is 1. The maximum absolute atomic E-state index is 11.7. The molecule has 0 saturated heterocycles. The molecule has 0 spiro atoms. The van der Waals surface area contributed by atoms with Gasteiger partial charge in [0.05, 0.1) is 0 Å². The number of pyridine rings is 1. The fraction of sp³-hybridized carbons (Fsp3) is 0.774. The van der Waals surface area contributed by atoms with Gasteiger partial charge in [0.1, 0.15) is 0 Å². The van der Waals surface area contributed by atoms with E-state index in [1.165, 1.54) is 68.9 Å². The highest BCUT2D eigenvalue weighted by Crippen LogP contribution is 2.73. The van der Waals surface area contributed by atoms with Crippen molar-refractivity contribution in [1.82, 2.24) is 4.98 Å². The number of hydrogen-bond donors (Lipinski definition) is 2. The first-order valence-electron chi connectivity index (χ1n) is 14.2. The van der Waals surface area contributed by atoms with Gasteiger partial charge in [0.15, 0.2) is 0 Å². The van der Waals surface area contributed by atoms with Crippen LogP contribution in [0.4, 0.5) is 0 Å². The Kier molecular flexibility index (Phi) is 5.14. The molecule has 3 heteroatoms. The number of rotatable bonds is 2. The standard InChI is InChI=1S/C31H45NO2/c1-28(2)22(20-7-10-27(34)32-18-20)11-15-30(4)25(28)13-16-29(3)23-12-17-31(19-33)14-5-6-24(31)21(23)8-9-26(29)30/h7,10-11,18,21,23-26,33H,5-6,8-9,12-17,19H2,1-4H3,(H,32,34)/t21-,23?,24?,25?,26?,29-,30-,31+/m0/s1. The first kappa shape index (κ1) is 23.1. The smallest absolute Gasteiger partial charge is 0.247 e. The summed E-state index contributed by atoms with van der Waals surface area (Å²) in [5.41, 5.74) is 3.75. The second-order valence-corrected chi connectivity index (χ2v) is 14.0. The van der Waals surface area contributed by atoms with Crippen molar-refractivity contribution in [2.45, 2.75) is 91.9 Å². The maximum atomic E-state index is 11.7. The lowest BCUT2D eigenvalue weighted by atomic mass is 9.36. The molecule has 4 unspecified atom stereocenters. The van der Waals surface area contributed by atoms with Crippen LogP contribution in [-0.4, -0.2) is 16.7 Å². The number of fused-ring (bicyclic) bond motifs is 7. The van der Waals surface area contributed by atoms with E-state index >= 15 is 0 Å². The van der Waals surface area contributed by atoms with Crippen LogP contribution in [0.1, 0.15) is 97.5 Å². The molecule has 186 valence electrons. The van der Waals surface area contributed by atoms with Crippen LogP contribution < -0.4 is 5.56 Å². The van der Waals surface area contributed by atoms with Crippen molar-refractivity contribution in [3.8, 4) is 0 Å². The molecule has 0 bridgehead atoms. The summed E-state index contributed by atoms with van der Waals surface area (Å²) < 4.78 is 0. The lowest BCUT2D eigenvalue weighted by Crippen LogP contribution is -2.61. The summed E-state index contributed by atoms with van der Waals surface area (Å²) >= 11 is 0. The zero-order valence-corrected chi connectivity index (χ0v) is 21.8. The zero-order valence-electron chi connectivity index (χ0n) is 21.8. The van der Waals surface area contributed by atoms with Crippen LogP contribution in [-0.2, 0) is 0 Å². The van der Waals surface area contributed by atoms with E-state index < -0.39 is 0 Å². The Balaban J connectivity index is 1.34. The minimum atomic E-state index is -0.0204. The van der Waals surface area contributed by atoms with Gasteiger partial charge in [-0.25, -0.2) is 0 Å². The van der Waals surface area contributed by atoms with Gasteiger partial charge in [-0.2, -0.15) is 0 Å². The van der Waals surface area contributed by atoms with Crippen molar-refractivity contribution in [1.29, 1.82) is 0 Å². The molecule has 34 heavy (non-hydrogen) atoms. The Labute approximate surface area is 205 Å². The number of aromatic amines is 1. The molecule has 0 amide bonds. The van der Waals surface area contributed by atoms with Gasteiger partial charge in [0, 0.05) is 18.9 Å². The first-order valence-corrected chi connectivity index (χ1v) is 14.2. The van der Waals surface area contributed by atoms with Crippen molar-refractivity contribution in [3.05, 3.63) is 40.3 Å². The van der Waals surface area contributed by atoms with E-state index in [1.54, 1.807) is 6.07 Å². The molecule has 3 nitrogen and oxygen atoms in total. The minimum absolute atomic E-state index is 0.0204. The second-order valence-electron chi connectivity index (χ2n) is 14.0. The van der Waals surface area contributed by atoms with Crippen molar-refractivity contribution in [2.24, 2.45) is 51.2 Å². The quantitative estimate of drug-likeness (QED) is 0.505. The normalized spacial score (nSPS) is 47.1. The van der Waals surface area contributed by atoms with Gasteiger partial charge in [-0.05, 0) is 126 Å². The fourth-order valence-electron chi connectivity index (χ4n) is 11.3. The third-order valence-corrected chi connectivity index (χ3v) is 12.7. The molecule has 4 saturated carbocycles. The molecule has 6 rings (SSSR count). The van der Waals surface area contributed by atoms with E-state index in [9.17, 15) is 9.90 Å². The number of nitrogens with one attached hydrogen (secondary N) is 1. The maximum Gasteiger partial charge on any atom is 0.247 e. The monoisotopic (exact) mass is 463 g/mol. The number of H-pyrrole nitrogens is 1. The van der Waals surface area contributed by atoms with Gasteiger partial charge in [0.2, 0.25) is 5.56 Å². The molecule has 0 aromatic carbocycles. The summed E-state index contributed by atoms with van der Waals surface area (Å²) in [5.74, 6) is 3.92. The topological polar surface area (TPSA) is 53.1 Å². The Bertz CT molecular complexity index is 1030. The van der Waals surface area contributed by atoms with E-state index in [2.05, 4.69) is 38.8 Å². The second kappa shape index (κ2) is 7.58. The summed E-state index contributed by atoms with van der Waals surface area (Å²) in [6, 6.07) is 3.70. The lowest BCUT2D eigenvalue weighted by molar-refractivity contribution is -0.181. The molecule has 8 atom stereocenters. The van der Waals surface area contributed by atoms with Crippen LogP contribution in [0, 0.1) is 51.2 Å². The molecule has 0 aliphatic heterocycles. The average molecular weight is 464 g/mol. The van der Waals surface area contributed by atoms with Crippen LogP contribution in [0.25, 0.3) is 5.57 Å². The van der Waals surface area contributed by atoms with Crippen LogP contribution in [0.2, 0.25) is 0 Å². The van der Waals surface area contributed by atoms with E-state index in [0.29, 0.717) is 23.4 Å². The number of allylic oxidation sites excluding steroid dienone is 2. The molecule has 5 aliphatic carbocycles. The number of aliphatic hydroxyl groups is 1. The molecular weight excluding hydrogens is 418 g/mol. The minimum Gasteiger partial charge on any atom is -0.396 e. The molecule has 5 aliphatic rings.